The highest BCUT2D eigenvalue weighted by atomic mass is 32.2. The summed E-state index contributed by atoms with van der Waals surface area (Å²) in [5.74, 6) is 1.02. The summed E-state index contributed by atoms with van der Waals surface area (Å²) >= 11 is 0. The molecule has 1 N–H and O–H groups in total. The summed E-state index contributed by atoms with van der Waals surface area (Å²) in [7, 11) is -3.60. The number of anilines is 1. The Morgan fingerprint density at radius 2 is 1.75 bits per heavy atom. The number of nitrogens with zero attached hydrogens (tertiary/aromatic N) is 1. The molecular formula is C20H24N2O5S. The summed E-state index contributed by atoms with van der Waals surface area (Å²) < 4.78 is 38.1. The first-order valence-electron chi connectivity index (χ1n) is 9.05. The van der Waals surface area contributed by atoms with Gasteiger partial charge in [0.25, 0.3) is 0 Å². The molecule has 1 aromatic heterocycles. The number of hydrogen-bond acceptors (Lipinski definition) is 5. The smallest absolute Gasteiger partial charge is 0.248 e. The standard InChI is InChI=1S/C20H24N2O5S/c1-14-4-7-18(27-14)8-11-20(23)21-17-5-9-19(10-6-17)28(24,25)22-12-15(2)26-16(3)13-22/h4-11,15-16H,12-13H2,1-3H3,(H,21,23)/b11-8+. The van der Waals surface area contributed by atoms with Crippen LogP contribution in [0.4, 0.5) is 5.69 Å². The number of ether oxygens (including phenoxy) is 1. The molecule has 1 aromatic carbocycles. The van der Waals surface area contributed by atoms with Crippen molar-refractivity contribution in [3.8, 4) is 0 Å². The number of benzene rings is 1. The Balaban J connectivity index is 1.65. The van der Waals surface area contributed by atoms with Crippen molar-refractivity contribution >= 4 is 27.7 Å². The van der Waals surface area contributed by atoms with Gasteiger partial charge in [-0.2, -0.15) is 4.31 Å². The maximum atomic E-state index is 12.8. The van der Waals surface area contributed by atoms with Crippen molar-refractivity contribution in [2.75, 3.05) is 18.4 Å². The highest BCUT2D eigenvalue weighted by Gasteiger charge is 2.32. The molecule has 7 nitrogen and oxygen atoms in total. The van der Waals surface area contributed by atoms with Gasteiger partial charge in [-0.3, -0.25) is 4.79 Å². The predicted octanol–water partition coefficient (Wildman–Crippen LogP) is 3.04. The van der Waals surface area contributed by atoms with E-state index in [-0.39, 0.29) is 23.0 Å². The van der Waals surface area contributed by atoms with E-state index in [1.165, 1.54) is 22.5 Å². The van der Waals surface area contributed by atoms with E-state index < -0.39 is 10.0 Å². The van der Waals surface area contributed by atoms with Gasteiger partial charge in [0, 0.05) is 24.9 Å². The summed E-state index contributed by atoms with van der Waals surface area (Å²) in [6, 6.07) is 9.72. The first kappa shape index (κ1) is 20.3. The second-order valence-corrected chi connectivity index (χ2v) is 8.81. The van der Waals surface area contributed by atoms with E-state index in [4.69, 9.17) is 9.15 Å². The minimum absolute atomic E-state index is 0.151. The molecule has 2 unspecified atom stereocenters. The van der Waals surface area contributed by atoms with E-state index in [2.05, 4.69) is 5.32 Å². The van der Waals surface area contributed by atoms with Crippen LogP contribution in [0.5, 0.6) is 0 Å². The van der Waals surface area contributed by atoms with Gasteiger partial charge in [-0.25, -0.2) is 8.42 Å². The predicted molar refractivity (Wildman–Crippen MR) is 106 cm³/mol. The number of nitrogens with one attached hydrogen (secondary N) is 1. The molecule has 28 heavy (non-hydrogen) atoms. The number of rotatable bonds is 5. The van der Waals surface area contributed by atoms with Crippen LogP contribution in [0.15, 0.2) is 51.8 Å². The molecule has 2 aromatic rings. The van der Waals surface area contributed by atoms with Crippen LogP contribution in [0.2, 0.25) is 0 Å². The van der Waals surface area contributed by atoms with E-state index in [1.807, 2.05) is 26.8 Å². The highest BCUT2D eigenvalue weighted by molar-refractivity contribution is 7.89. The molecule has 1 aliphatic rings. The van der Waals surface area contributed by atoms with Gasteiger partial charge in [0.15, 0.2) is 0 Å². The van der Waals surface area contributed by atoms with E-state index in [0.29, 0.717) is 24.5 Å². The number of carbonyl (C=O) groups is 1. The lowest BCUT2D eigenvalue weighted by atomic mass is 10.3. The van der Waals surface area contributed by atoms with Crippen molar-refractivity contribution in [3.05, 3.63) is 54.0 Å². The molecule has 0 bridgehead atoms. The maximum Gasteiger partial charge on any atom is 0.248 e. The van der Waals surface area contributed by atoms with Gasteiger partial charge >= 0.3 is 0 Å². The van der Waals surface area contributed by atoms with Crippen molar-refractivity contribution in [1.82, 2.24) is 4.31 Å². The molecule has 3 rings (SSSR count). The fourth-order valence-corrected chi connectivity index (χ4v) is 4.66. The fourth-order valence-electron chi connectivity index (χ4n) is 3.07. The second-order valence-electron chi connectivity index (χ2n) is 6.87. The van der Waals surface area contributed by atoms with E-state index in [9.17, 15) is 13.2 Å². The quantitative estimate of drug-likeness (QED) is 0.774. The van der Waals surface area contributed by atoms with Crippen LogP contribution in [0.25, 0.3) is 6.08 Å². The van der Waals surface area contributed by atoms with Crippen LogP contribution in [-0.2, 0) is 19.6 Å². The van der Waals surface area contributed by atoms with E-state index >= 15 is 0 Å². The number of amides is 1. The zero-order valence-electron chi connectivity index (χ0n) is 16.1. The SMILES string of the molecule is Cc1ccc(/C=C/C(=O)Nc2ccc(S(=O)(=O)N3CC(C)OC(C)C3)cc2)o1. The Morgan fingerprint density at radius 3 is 2.32 bits per heavy atom. The highest BCUT2D eigenvalue weighted by Crippen LogP contribution is 2.22. The average Bonchev–Trinajstić information content (AvgIpc) is 3.05. The summed E-state index contributed by atoms with van der Waals surface area (Å²) in [6.07, 6.45) is 2.63. The molecule has 0 radical (unpaired) electrons. The number of sulfonamides is 1. The lowest BCUT2D eigenvalue weighted by Crippen LogP contribution is -2.48. The average molecular weight is 404 g/mol. The number of furan rings is 1. The van der Waals surface area contributed by atoms with Crippen molar-refractivity contribution in [3.63, 3.8) is 0 Å². The Labute approximate surface area is 165 Å². The third-order valence-corrected chi connectivity index (χ3v) is 6.15. The fraction of sp³-hybridized carbons (Fsp3) is 0.350. The van der Waals surface area contributed by atoms with E-state index in [0.717, 1.165) is 5.76 Å². The lowest BCUT2D eigenvalue weighted by Gasteiger charge is -2.34. The molecule has 2 atom stereocenters. The van der Waals surface area contributed by atoms with E-state index in [1.54, 1.807) is 24.3 Å². The van der Waals surface area contributed by atoms with Crippen LogP contribution in [-0.4, -0.2) is 43.9 Å². The lowest BCUT2D eigenvalue weighted by molar-refractivity contribution is -0.111. The normalized spacial score (nSPS) is 21.1. The molecule has 8 heteroatoms. The minimum atomic E-state index is -3.60. The van der Waals surface area contributed by atoms with Gasteiger partial charge in [-0.1, -0.05) is 0 Å². The van der Waals surface area contributed by atoms with Gasteiger partial charge in [0.2, 0.25) is 15.9 Å². The van der Waals surface area contributed by atoms with Gasteiger partial charge in [0.1, 0.15) is 11.5 Å². The molecule has 0 spiro atoms. The molecule has 1 fully saturated rings. The topological polar surface area (TPSA) is 88.9 Å². The Bertz CT molecular complexity index is 953. The zero-order valence-corrected chi connectivity index (χ0v) is 16.9. The minimum Gasteiger partial charge on any atom is -0.462 e. The van der Waals surface area contributed by atoms with Crippen LogP contribution in [0.3, 0.4) is 0 Å². The van der Waals surface area contributed by atoms with Crippen LogP contribution < -0.4 is 5.32 Å². The van der Waals surface area contributed by atoms with Crippen molar-refractivity contribution in [2.45, 2.75) is 37.9 Å². The van der Waals surface area contributed by atoms with Gasteiger partial charge in [-0.15, -0.1) is 0 Å². The summed E-state index contributed by atoms with van der Waals surface area (Å²) in [6.45, 7) is 6.18. The first-order chi connectivity index (χ1) is 13.2. The van der Waals surface area contributed by atoms with Crippen LogP contribution in [0, 0.1) is 6.92 Å². The van der Waals surface area contributed by atoms with Gasteiger partial charge in [0.05, 0.1) is 17.1 Å². The molecule has 1 aliphatic heterocycles. The second kappa shape index (κ2) is 8.30. The number of aryl methyl sites for hydroxylation is 1. The molecule has 0 saturated carbocycles. The molecule has 1 saturated heterocycles. The largest absolute Gasteiger partial charge is 0.462 e. The number of carbonyl (C=O) groups excluding carboxylic acids is 1. The molecule has 150 valence electrons. The van der Waals surface area contributed by atoms with Gasteiger partial charge in [-0.05, 0) is 63.2 Å². The number of hydrogen-bond donors (Lipinski definition) is 1. The Kier molecular flexibility index (Phi) is 6.02. The summed E-state index contributed by atoms with van der Waals surface area (Å²) in [5, 5.41) is 2.70. The molecule has 0 aliphatic carbocycles. The maximum absolute atomic E-state index is 12.8. The van der Waals surface area contributed by atoms with Crippen LogP contribution in [0.1, 0.15) is 25.4 Å². The van der Waals surface area contributed by atoms with Gasteiger partial charge < -0.3 is 14.5 Å². The molecular weight excluding hydrogens is 380 g/mol. The third kappa shape index (κ3) is 4.89. The van der Waals surface area contributed by atoms with Crippen LogP contribution >= 0.6 is 0 Å². The number of morpholine rings is 1. The third-order valence-electron chi connectivity index (χ3n) is 4.31. The van der Waals surface area contributed by atoms with Crippen molar-refractivity contribution in [1.29, 1.82) is 0 Å². The Hall–Kier alpha value is -2.42. The summed E-state index contributed by atoms with van der Waals surface area (Å²) in [5.41, 5.74) is 0.507. The van der Waals surface area contributed by atoms with Crippen molar-refractivity contribution < 1.29 is 22.4 Å². The monoisotopic (exact) mass is 404 g/mol. The first-order valence-corrected chi connectivity index (χ1v) is 10.5. The molecule has 2 heterocycles. The van der Waals surface area contributed by atoms with Crippen molar-refractivity contribution in [2.24, 2.45) is 0 Å². The Morgan fingerprint density at radius 1 is 1.11 bits per heavy atom. The zero-order chi connectivity index (χ0) is 20.3. The molecule has 1 amide bonds. The summed E-state index contributed by atoms with van der Waals surface area (Å²) in [4.78, 5) is 12.2.